The van der Waals surface area contributed by atoms with Crippen LogP contribution in [0.1, 0.15) is 10.4 Å². The van der Waals surface area contributed by atoms with Crippen molar-refractivity contribution >= 4 is 23.0 Å². The van der Waals surface area contributed by atoms with Gasteiger partial charge < -0.3 is 31.5 Å². The highest BCUT2D eigenvalue weighted by atomic mass is 16.4. The molecule has 0 atom stereocenters. The molecule has 3 rings (SSSR count). The number of carboxylic acid groups (broad SMARTS) is 1. The molecule has 3 aromatic rings. The van der Waals surface area contributed by atoms with E-state index in [1.807, 2.05) is 0 Å². The summed E-state index contributed by atoms with van der Waals surface area (Å²) in [6, 6.07) is 3.54. The number of hydrogen-bond donors (Lipinski definition) is 4. The van der Waals surface area contributed by atoms with Gasteiger partial charge in [-0.05, 0) is 6.07 Å². The van der Waals surface area contributed by atoms with Gasteiger partial charge in [0.1, 0.15) is 5.75 Å². The molecule has 0 spiro atoms. The van der Waals surface area contributed by atoms with Crippen molar-refractivity contribution in [2.75, 3.05) is 5.73 Å². The normalized spacial score (nSPS) is 9.45. The Balaban J connectivity index is 0.000000211. The number of fused-ring (bicyclic) bond motifs is 1. The largest absolute Gasteiger partial charge is 0.872 e. The highest BCUT2D eigenvalue weighted by Crippen LogP contribution is 2.23. The minimum Gasteiger partial charge on any atom is -0.872 e. The van der Waals surface area contributed by atoms with Crippen LogP contribution >= 0.6 is 0 Å². The smallest absolute Gasteiger partial charge is 0.338 e. The highest BCUT2D eigenvalue weighted by Gasteiger charge is 2.08. The second-order valence-corrected chi connectivity index (χ2v) is 3.87. The first kappa shape index (κ1) is 16.7. The van der Waals surface area contributed by atoms with Crippen molar-refractivity contribution in [2.24, 2.45) is 0 Å². The number of aromatic carboxylic acids is 1. The number of phenols is 1. The number of carboxylic acids is 1. The Morgan fingerprint density at radius 1 is 1.36 bits per heavy atom. The Bertz CT molecular complexity index is 768. The molecule has 1 aromatic carbocycles. The maximum absolute atomic E-state index is 10.7. The molecular weight excluding hydrogens is 294 g/mol. The maximum atomic E-state index is 10.7. The van der Waals surface area contributed by atoms with E-state index in [2.05, 4.69) is 19.9 Å². The van der Waals surface area contributed by atoms with E-state index in [4.69, 9.17) is 15.9 Å². The van der Waals surface area contributed by atoms with Gasteiger partial charge in [-0.15, -0.1) is 0 Å². The number of benzene rings is 1. The second kappa shape index (κ2) is 6.85. The lowest BCUT2D eigenvalue weighted by atomic mass is 10.2. The summed E-state index contributed by atoms with van der Waals surface area (Å²) in [6.45, 7) is 0. The average Bonchev–Trinajstić information content (AvgIpc) is 2.88. The maximum Gasteiger partial charge on any atom is 0.338 e. The summed E-state index contributed by atoms with van der Waals surface area (Å²) < 4.78 is 0. The van der Waals surface area contributed by atoms with Crippen molar-refractivity contribution in [1.29, 1.82) is 0 Å². The van der Waals surface area contributed by atoms with Crippen molar-refractivity contribution in [3.8, 4) is 11.5 Å². The SMILES string of the molecule is Nc1nc[nH+]c2nc[nH]c12.O.O=C(O)c1c([O-])cccc1O. The van der Waals surface area contributed by atoms with Crippen LogP contribution in [0.3, 0.4) is 0 Å². The van der Waals surface area contributed by atoms with E-state index in [-0.39, 0.29) is 5.48 Å². The fourth-order valence-corrected chi connectivity index (χ4v) is 1.56. The molecule has 2 heterocycles. The van der Waals surface area contributed by atoms with Gasteiger partial charge in [0.15, 0.2) is 11.8 Å². The van der Waals surface area contributed by atoms with Crippen LogP contribution in [0.15, 0.2) is 30.9 Å². The first-order valence-electron chi connectivity index (χ1n) is 5.68. The van der Waals surface area contributed by atoms with Crippen LogP contribution in [0.2, 0.25) is 0 Å². The molecule has 0 fully saturated rings. The van der Waals surface area contributed by atoms with Crippen molar-refractivity contribution in [3.63, 3.8) is 0 Å². The van der Waals surface area contributed by atoms with Gasteiger partial charge >= 0.3 is 5.97 Å². The van der Waals surface area contributed by atoms with E-state index in [0.717, 1.165) is 23.3 Å². The molecule has 0 amide bonds. The van der Waals surface area contributed by atoms with E-state index in [1.54, 1.807) is 6.33 Å². The lowest BCUT2D eigenvalue weighted by molar-refractivity contribution is -0.352. The first-order chi connectivity index (χ1) is 10.0. The minimum atomic E-state index is -1.41. The third-order valence-corrected chi connectivity index (χ3v) is 2.52. The lowest BCUT2D eigenvalue weighted by Gasteiger charge is -2.09. The number of carbonyl (C=O) groups is 1. The fraction of sp³-hybridized carbons (Fsp3) is 0. The van der Waals surface area contributed by atoms with Gasteiger partial charge in [0.25, 0.3) is 5.65 Å². The summed E-state index contributed by atoms with van der Waals surface area (Å²) in [6.07, 6.45) is 3.08. The zero-order valence-electron chi connectivity index (χ0n) is 11.1. The second-order valence-electron chi connectivity index (χ2n) is 3.87. The summed E-state index contributed by atoms with van der Waals surface area (Å²) >= 11 is 0. The Morgan fingerprint density at radius 2 is 2.09 bits per heavy atom. The van der Waals surface area contributed by atoms with Gasteiger partial charge in [-0.2, -0.15) is 0 Å². The van der Waals surface area contributed by atoms with Crippen LogP contribution in [0, 0.1) is 0 Å². The fourth-order valence-electron chi connectivity index (χ4n) is 1.56. The Morgan fingerprint density at radius 3 is 2.64 bits per heavy atom. The van der Waals surface area contributed by atoms with Crippen molar-refractivity contribution in [2.45, 2.75) is 0 Å². The number of aromatic hydroxyl groups is 1. The molecule has 10 nitrogen and oxygen atoms in total. The molecule has 0 radical (unpaired) electrons. The van der Waals surface area contributed by atoms with Gasteiger partial charge in [-0.3, -0.25) is 0 Å². The van der Waals surface area contributed by atoms with Crippen LogP contribution in [-0.4, -0.2) is 36.6 Å². The minimum absolute atomic E-state index is 0. The number of imidazole rings is 1. The number of nitrogen functional groups attached to an aromatic ring is 1. The van der Waals surface area contributed by atoms with Gasteiger partial charge in [-0.25, -0.2) is 9.78 Å². The quantitative estimate of drug-likeness (QED) is 0.428. The van der Waals surface area contributed by atoms with Crippen LogP contribution in [0.25, 0.3) is 11.2 Å². The molecule has 0 bridgehead atoms. The molecule has 0 aliphatic rings. The number of H-pyrrole nitrogens is 2. The summed E-state index contributed by atoms with van der Waals surface area (Å²) in [5.41, 5.74) is 6.40. The van der Waals surface area contributed by atoms with Crippen LogP contribution in [0.5, 0.6) is 11.5 Å². The number of hydrogen-bond acceptors (Lipinski definition) is 6. The summed E-state index contributed by atoms with van der Waals surface area (Å²) in [4.78, 5) is 23.8. The Hall–Kier alpha value is -3.40. The molecule has 0 aliphatic heterocycles. The average molecular weight is 307 g/mol. The van der Waals surface area contributed by atoms with Crippen LogP contribution < -0.4 is 15.8 Å². The first-order valence-corrected chi connectivity index (χ1v) is 5.68. The Kier molecular flexibility index (Phi) is 5.19. The highest BCUT2D eigenvalue weighted by molar-refractivity contribution is 5.93. The van der Waals surface area contributed by atoms with Gasteiger partial charge in [0.05, 0.1) is 5.56 Å². The summed E-state index contributed by atoms with van der Waals surface area (Å²) in [7, 11) is 0. The topological polar surface area (TPSA) is 194 Å². The van der Waals surface area contributed by atoms with Gasteiger partial charge in [0, 0.05) is 0 Å². The predicted molar refractivity (Wildman–Crippen MR) is 73.0 cm³/mol. The molecule has 0 saturated carbocycles. The molecule has 0 aliphatic carbocycles. The number of nitrogens with zero attached hydrogens (tertiary/aromatic N) is 2. The van der Waals surface area contributed by atoms with Crippen molar-refractivity contribution in [1.82, 2.24) is 15.0 Å². The van der Waals surface area contributed by atoms with Crippen LogP contribution in [0.4, 0.5) is 5.82 Å². The molecule has 0 unspecified atom stereocenters. The number of rotatable bonds is 1. The predicted octanol–water partition coefficient (Wildman–Crippen LogP) is -1.31. The number of aromatic nitrogens is 4. The molecule has 22 heavy (non-hydrogen) atoms. The third-order valence-electron chi connectivity index (χ3n) is 2.52. The lowest BCUT2D eigenvalue weighted by Crippen LogP contribution is -2.06. The summed E-state index contributed by atoms with van der Waals surface area (Å²) in [5, 5.41) is 28.0. The third kappa shape index (κ3) is 3.37. The zero-order chi connectivity index (χ0) is 15.4. The van der Waals surface area contributed by atoms with Gasteiger partial charge in [0.2, 0.25) is 12.1 Å². The standard InChI is InChI=1S/C7H6O4.C5H5N5.H2O/c8-4-2-1-3-5(9)6(4)7(10)11;6-4-3-5(9-1-7-3)10-2-8-4;/h1-3,8-9H,(H,10,11);1-2H,(H3,6,7,8,9,10);1H2. The van der Waals surface area contributed by atoms with E-state index in [9.17, 15) is 9.90 Å². The Labute approximate surface area is 123 Å². The van der Waals surface area contributed by atoms with Crippen molar-refractivity contribution in [3.05, 3.63) is 36.4 Å². The van der Waals surface area contributed by atoms with E-state index < -0.39 is 23.0 Å². The molecule has 0 saturated heterocycles. The van der Waals surface area contributed by atoms with Crippen LogP contribution in [-0.2, 0) is 0 Å². The zero-order valence-corrected chi connectivity index (χ0v) is 11.1. The molecule has 116 valence electrons. The monoisotopic (exact) mass is 307 g/mol. The summed E-state index contributed by atoms with van der Waals surface area (Å²) in [5.74, 6) is -2.12. The number of anilines is 1. The van der Waals surface area contributed by atoms with E-state index >= 15 is 0 Å². The van der Waals surface area contributed by atoms with E-state index in [0.29, 0.717) is 5.82 Å². The molecular formula is C12H13N5O5. The molecule has 10 heteroatoms. The number of nitrogens with two attached hydrogens (primary N) is 1. The molecule has 8 N–H and O–H groups in total. The molecule has 2 aromatic heterocycles. The van der Waals surface area contributed by atoms with Gasteiger partial charge in [-0.1, -0.05) is 27.9 Å². The number of aromatic amines is 2. The number of nitrogens with one attached hydrogen (secondary N) is 2. The van der Waals surface area contributed by atoms with Crippen molar-refractivity contribution < 1.29 is 30.6 Å². The van der Waals surface area contributed by atoms with E-state index in [1.165, 1.54) is 12.4 Å².